The van der Waals surface area contributed by atoms with Crippen molar-refractivity contribution in [3.63, 3.8) is 0 Å². The molecule has 1 aromatic carbocycles. The Hall–Kier alpha value is -2.90. The van der Waals surface area contributed by atoms with Crippen LogP contribution in [0.3, 0.4) is 0 Å². The van der Waals surface area contributed by atoms with Crippen LogP contribution in [-0.2, 0) is 19.2 Å². The Morgan fingerprint density at radius 3 is 2.67 bits per heavy atom. The molecular formula is C16H19N3O5. The average molecular weight is 333 g/mol. The van der Waals surface area contributed by atoms with Gasteiger partial charge >= 0.3 is 5.97 Å². The SMILES string of the molecule is O=C(O)CCCNC(=O)CCC(=O)N1CC(=O)Nc2ccccc21. The molecule has 8 heteroatoms. The highest BCUT2D eigenvalue weighted by Gasteiger charge is 2.26. The molecule has 3 N–H and O–H groups in total. The van der Waals surface area contributed by atoms with E-state index in [-0.39, 0.29) is 50.1 Å². The summed E-state index contributed by atoms with van der Waals surface area (Å²) in [5.41, 5.74) is 1.18. The number of nitrogens with zero attached hydrogens (tertiary/aromatic N) is 1. The van der Waals surface area contributed by atoms with Crippen molar-refractivity contribution in [2.24, 2.45) is 0 Å². The van der Waals surface area contributed by atoms with Crippen molar-refractivity contribution in [1.29, 1.82) is 0 Å². The Morgan fingerprint density at radius 2 is 1.92 bits per heavy atom. The topological polar surface area (TPSA) is 116 Å². The van der Waals surface area contributed by atoms with E-state index < -0.39 is 5.97 Å². The molecule has 1 aromatic rings. The molecule has 128 valence electrons. The molecule has 0 saturated carbocycles. The number of hydrogen-bond donors (Lipinski definition) is 3. The average Bonchev–Trinajstić information content (AvgIpc) is 2.55. The fraction of sp³-hybridized carbons (Fsp3) is 0.375. The van der Waals surface area contributed by atoms with Gasteiger partial charge in [-0.15, -0.1) is 0 Å². The van der Waals surface area contributed by atoms with Crippen molar-refractivity contribution in [1.82, 2.24) is 5.32 Å². The predicted octanol–water partition coefficient (Wildman–Crippen LogP) is 0.733. The van der Waals surface area contributed by atoms with Gasteiger partial charge in [-0.25, -0.2) is 0 Å². The molecule has 0 aliphatic carbocycles. The van der Waals surface area contributed by atoms with Crippen LogP contribution in [0.5, 0.6) is 0 Å². The van der Waals surface area contributed by atoms with Gasteiger partial charge in [-0.2, -0.15) is 0 Å². The van der Waals surface area contributed by atoms with Crippen molar-refractivity contribution in [3.05, 3.63) is 24.3 Å². The van der Waals surface area contributed by atoms with E-state index >= 15 is 0 Å². The van der Waals surface area contributed by atoms with Gasteiger partial charge in [-0.05, 0) is 18.6 Å². The largest absolute Gasteiger partial charge is 0.481 e. The Labute approximate surface area is 138 Å². The van der Waals surface area contributed by atoms with Gasteiger partial charge in [0.2, 0.25) is 17.7 Å². The molecule has 0 fully saturated rings. The van der Waals surface area contributed by atoms with Gasteiger partial charge in [0, 0.05) is 25.8 Å². The summed E-state index contributed by atoms with van der Waals surface area (Å²) in [5.74, 6) is -1.82. The Bertz CT molecular complexity index is 659. The lowest BCUT2D eigenvalue weighted by atomic mass is 10.1. The number of amides is 3. The molecule has 0 saturated heterocycles. The van der Waals surface area contributed by atoms with Crippen LogP contribution in [0.25, 0.3) is 0 Å². The molecule has 0 atom stereocenters. The van der Waals surface area contributed by atoms with Crippen molar-refractivity contribution >= 4 is 35.1 Å². The zero-order valence-corrected chi connectivity index (χ0v) is 13.1. The van der Waals surface area contributed by atoms with Crippen LogP contribution in [0.4, 0.5) is 11.4 Å². The minimum Gasteiger partial charge on any atom is -0.481 e. The summed E-state index contributed by atoms with van der Waals surface area (Å²) in [5, 5.41) is 13.8. The molecule has 0 aromatic heterocycles. The number of carbonyl (C=O) groups excluding carboxylic acids is 3. The van der Waals surface area contributed by atoms with Crippen LogP contribution < -0.4 is 15.5 Å². The maximum atomic E-state index is 12.3. The lowest BCUT2D eigenvalue weighted by Gasteiger charge is -2.29. The van der Waals surface area contributed by atoms with E-state index in [0.717, 1.165) is 0 Å². The number of rotatable bonds is 7. The molecular weight excluding hydrogens is 314 g/mol. The summed E-state index contributed by atoms with van der Waals surface area (Å²) in [6, 6.07) is 6.98. The third kappa shape index (κ3) is 4.80. The lowest BCUT2D eigenvalue weighted by molar-refractivity contribution is -0.137. The Balaban J connectivity index is 1.83. The van der Waals surface area contributed by atoms with Crippen molar-refractivity contribution in [3.8, 4) is 0 Å². The van der Waals surface area contributed by atoms with Crippen LogP contribution in [0.2, 0.25) is 0 Å². The van der Waals surface area contributed by atoms with Gasteiger partial charge in [0.05, 0.1) is 11.4 Å². The fourth-order valence-corrected chi connectivity index (χ4v) is 2.37. The number of carboxylic acid groups (broad SMARTS) is 1. The van der Waals surface area contributed by atoms with E-state index in [2.05, 4.69) is 10.6 Å². The van der Waals surface area contributed by atoms with Crippen LogP contribution in [0, 0.1) is 0 Å². The first kappa shape index (κ1) is 17.5. The number of carboxylic acids is 1. The number of benzene rings is 1. The van der Waals surface area contributed by atoms with Crippen molar-refractivity contribution in [2.75, 3.05) is 23.3 Å². The quantitative estimate of drug-likeness (QED) is 0.636. The molecule has 0 radical (unpaired) electrons. The van der Waals surface area contributed by atoms with Crippen LogP contribution in [0.15, 0.2) is 24.3 Å². The number of aliphatic carboxylic acids is 1. The zero-order valence-electron chi connectivity index (χ0n) is 13.1. The second-order valence-corrected chi connectivity index (χ2v) is 5.39. The predicted molar refractivity (Wildman–Crippen MR) is 86.5 cm³/mol. The number of anilines is 2. The lowest BCUT2D eigenvalue weighted by Crippen LogP contribution is -2.42. The monoisotopic (exact) mass is 333 g/mol. The van der Waals surface area contributed by atoms with Gasteiger partial charge in [-0.1, -0.05) is 12.1 Å². The van der Waals surface area contributed by atoms with Gasteiger partial charge in [0.25, 0.3) is 0 Å². The second kappa shape index (κ2) is 8.09. The molecule has 1 aliphatic heterocycles. The third-order valence-electron chi connectivity index (χ3n) is 3.53. The highest BCUT2D eigenvalue weighted by Crippen LogP contribution is 2.29. The summed E-state index contributed by atoms with van der Waals surface area (Å²) < 4.78 is 0. The van der Waals surface area contributed by atoms with E-state index in [1.54, 1.807) is 24.3 Å². The van der Waals surface area contributed by atoms with E-state index in [0.29, 0.717) is 17.8 Å². The molecule has 3 amide bonds. The van der Waals surface area contributed by atoms with E-state index in [1.165, 1.54) is 4.90 Å². The van der Waals surface area contributed by atoms with Gasteiger partial charge in [0.1, 0.15) is 6.54 Å². The number of fused-ring (bicyclic) bond motifs is 1. The number of hydrogen-bond acceptors (Lipinski definition) is 4. The number of nitrogens with one attached hydrogen (secondary N) is 2. The molecule has 2 rings (SSSR count). The van der Waals surface area contributed by atoms with E-state index in [4.69, 9.17) is 5.11 Å². The summed E-state index contributed by atoms with van der Waals surface area (Å²) >= 11 is 0. The Kier molecular flexibility index (Phi) is 5.89. The summed E-state index contributed by atoms with van der Waals surface area (Å²) in [6.45, 7) is 0.185. The summed E-state index contributed by atoms with van der Waals surface area (Å²) in [4.78, 5) is 47.4. The molecule has 0 bridgehead atoms. The molecule has 0 spiro atoms. The summed E-state index contributed by atoms with van der Waals surface area (Å²) in [6.07, 6.45) is 0.298. The Morgan fingerprint density at radius 1 is 1.17 bits per heavy atom. The van der Waals surface area contributed by atoms with Crippen LogP contribution >= 0.6 is 0 Å². The molecule has 8 nitrogen and oxygen atoms in total. The maximum Gasteiger partial charge on any atom is 0.303 e. The zero-order chi connectivity index (χ0) is 17.5. The normalized spacial score (nSPS) is 13.0. The molecule has 1 aliphatic rings. The first-order valence-electron chi connectivity index (χ1n) is 7.65. The molecule has 1 heterocycles. The molecule has 24 heavy (non-hydrogen) atoms. The minimum atomic E-state index is -0.915. The van der Waals surface area contributed by atoms with Gasteiger partial charge < -0.3 is 20.6 Å². The maximum absolute atomic E-state index is 12.3. The second-order valence-electron chi connectivity index (χ2n) is 5.39. The number of para-hydroxylation sites is 2. The van der Waals surface area contributed by atoms with E-state index in [1.807, 2.05) is 0 Å². The third-order valence-corrected chi connectivity index (χ3v) is 3.53. The summed E-state index contributed by atoms with van der Waals surface area (Å²) in [7, 11) is 0. The van der Waals surface area contributed by atoms with Crippen molar-refractivity contribution < 1.29 is 24.3 Å². The molecule has 0 unspecified atom stereocenters. The standard InChI is InChI=1S/C16H19N3O5/c20-13(17-9-3-6-16(23)24)7-8-15(22)19-10-14(21)18-11-4-1-2-5-12(11)19/h1-2,4-5H,3,6-10H2,(H,17,20)(H,18,21)(H,23,24). The van der Waals surface area contributed by atoms with Crippen LogP contribution in [0.1, 0.15) is 25.7 Å². The highest BCUT2D eigenvalue weighted by molar-refractivity contribution is 6.10. The smallest absolute Gasteiger partial charge is 0.303 e. The minimum absolute atomic E-state index is 0.00775. The van der Waals surface area contributed by atoms with Crippen LogP contribution in [-0.4, -0.2) is 41.9 Å². The first-order chi connectivity index (χ1) is 11.5. The van der Waals surface area contributed by atoms with Crippen molar-refractivity contribution in [2.45, 2.75) is 25.7 Å². The fourth-order valence-electron chi connectivity index (χ4n) is 2.37. The van der Waals surface area contributed by atoms with Gasteiger partial charge in [0.15, 0.2) is 0 Å². The number of carbonyl (C=O) groups is 4. The van der Waals surface area contributed by atoms with Gasteiger partial charge in [-0.3, -0.25) is 19.2 Å². The van der Waals surface area contributed by atoms with E-state index in [9.17, 15) is 19.2 Å². The highest BCUT2D eigenvalue weighted by atomic mass is 16.4. The first-order valence-corrected chi connectivity index (χ1v) is 7.65.